The van der Waals surface area contributed by atoms with E-state index >= 15 is 0 Å². The summed E-state index contributed by atoms with van der Waals surface area (Å²) in [4.78, 5) is 47.7. The standard InChI is InChI=1S/C17H19NO6/c19-14-9-10-15(20)18(14)13(7-4-8-16(21)22)17(23)24-11-12-5-2-1-3-6-12/h1-3,5-6,13H,4,7-11H2,(H,21,22). The van der Waals surface area contributed by atoms with Gasteiger partial charge in [0.1, 0.15) is 12.6 Å². The highest BCUT2D eigenvalue weighted by Gasteiger charge is 2.39. The van der Waals surface area contributed by atoms with Crippen LogP contribution in [0.2, 0.25) is 0 Å². The summed E-state index contributed by atoms with van der Waals surface area (Å²) in [5.41, 5.74) is 0.786. The van der Waals surface area contributed by atoms with Crippen molar-refractivity contribution in [2.45, 2.75) is 44.8 Å². The van der Waals surface area contributed by atoms with Crippen LogP contribution in [0, 0.1) is 0 Å². The minimum absolute atomic E-state index is 0.0331. The molecule has 0 aliphatic carbocycles. The molecule has 24 heavy (non-hydrogen) atoms. The van der Waals surface area contributed by atoms with Crippen molar-refractivity contribution in [3.05, 3.63) is 35.9 Å². The lowest BCUT2D eigenvalue weighted by Crippen LogP contribution is -2.45. The Morgan fingerprint density at radius 1 is 1.12 bits per heavy atom. The third-order valence-corrected chi connectivity index (χ3v) is 3.77. The first-order valence-electron chi connectivity index (χ1n) is 7.76. The second kappa shape index (κ2) is 8.24. The number of carbonyl (C=O) groups is 4. The summed E-state index contributed by atoms with van der Waals surface area (Å²) in [6.45, 7) is 0.0331. The number of carbonyl (C=O) groups excluding carboxylic acids is 3. The molecule has 0 bridgehead atoms. The predicted molar refractivity (Wildman–Crippen MR) is 82.6 cm³/mol. The molecule has 1 aliphatic heterocycles. The predicted octanol–water partition coefficient (Wildman–Crippen LogP) is 1.50. The number of rotatable bonds is 8. The zero-order valence-corrected chi connectivity index (χ0v) is 13.1. The van der Waals surface area contributed by atoms with Crippen LogP contribution in [0.25, 0.3) is 0 Å². The van der Waals surface area contributed by atoms with E-state index in [1.54, 1.807) is 24.3 Å². The van der Waals surface area contributed by atoms with E-state index in [1.165, 1.54) is 0 Å². The number of imide groups is 1. The summed E-state index contributed by atoms with van der Waals surface area (Å²) in [6, 6.07) is 7.97. The number of aliphatic carboxylic acids is 1. The van der Waals surface area contributed by atoms with E-state index in [4.69, 9.17) is 9.84 Å². The Hall–Kier alpha value is -2.70. The summed E-state index contributed by atoms with van der Waals surface area (Å²) in [7, 11) is 0. The first kappa shape index (κ1) is 17.7. The third kappa shape index (κ3) is 4.65. The summed E-state index contributed by atoms with van der Waals surface area (Å²) in [5.74, 6) is -2.52. The van der Waals surface area contributed by atoms with Crippen LogP contribution in [0.15, 0.2) is 30.3 Å². The van der Waals surface area contributed by atoms with Crippen molar-refractivity contribution in [2.24, 2.45) is 0 Å². The van der Waals surface area contributed by atoms with Crippen LogP contribution in [-0.4, -0.2) is 39.8 Å². The Balaban J connectivity index is 2.03. The number of benzene rings is 1. The Labute approximate surface area is 139 Å². The number of carboxylic acids is 1. The van der Waals surface area contributed by atoms with Crippen molar-refractivity contribution < 1.29 is 29.0 Å². The fourth-order valence-corrected chi connectivity index (χ4v) is 2.57. The van der Waals surface area contributed by atoms with E-state index < -0.39 is 29.8 Å². The van der Waals surface area contributed by atoms with Gasteiger partial charge in [-0.15, -0.1) is 0 Å². The smallest absolute Gasteiger partial charge is 0.329 e. The van der Waals surface area contributed by atoms with Gasteiger partial charge in [-0.05, 0) is 18.4 Å². The van der Waals surface area contributed by atoms with Crippen LogP contribution in [0.4, 0.5) is 0 Å². The van der Waals surface area contributed by atoms with E-state index in [2.05, 4.69) is 0 Å². The van der Waals surface area contributed by atoms with Gasteiger partial charge in [-0.25, -0.2) is 4.79 Å². The van der Waals surface area contributed by atoms with Crippen LogP contribution in [0.3, 0.4) is 0 Å². The SMILES string of the molecule is O=C(O)CCCC(C(=O)OCc1ccccc1)N1C(=O)CCC1=O. The number of amides is 2. The molecule has 2 rings (SSSR count). The molecule has 1 aromatic carbocycles. The second-order valence-corrected chi connectivity index (χ2v) is 5.55. The number of carboxylic acid groups (broad SMARTS) is 1. The molecule has 1 fully saturated rings. The molecule has 1 heterocycles. The number of esters is 1. The van der Waals surface area contributed by atoms with Crippen LogP contribution in [0.1, 0.15) is 37.7 Å². The average Bonchev–Trinajstić information content (AvgIpc) is 2.89. The fourth-order valence-electron chi connectivity index (χ4n) is 2.57. The molecule has 128 valence electrons. The van der Waals surface area contributed by atoms with Gasteiger partial charge in [0.05, 0.1) is 0 Å². The van der Waals surface area contributed by atoms with Gasteiger partial charge in [-0.3, -0.25) is 19.3 Å². The summed E-state index contributed by atoms with van der Waals surface area (Å²) >= 11 is 0. The highest BCUT2D eigenvalue weighted by molar-refractivity contribution is 6.05. The molecule has 1 aromatic rings. The molecule has 0 aromatic heterocycles. The van der Waals surface area contributed by atoms with Crippen molar-refractivity contribution in [3.8, 4) is 0 Å². The van der Waals surface area contributed by atoms with Gasteiger partial charge < -0.3 is 9.84 Å². The lowest BCUT2D eigenvalue weighted by molar-refractivity contribution is -0.159. The minimum Gasteiger partial charge on any atom is -0.481 e. The zero-order chi connectivity index (χ0) is 17.5. The molecular formula is C17H19NO6. The summed E-state index contributed by atoms with van der Waals surface area (Å²) < 4.78 is 5.22. The van der Waals surface area contributed by atoms with E-state index in [0.29, 0.717) is 0 Å². The molecule has 2 amide bonds. The van der Waals surface area contributed by atoms with Gasteiger partial charge in [-0.2, -0.15) is 0 Å². The van der Waals surface area contributed by atoms with Crippen LogP contribution < -0.4 is 0 Å². The highest BCUT2D eigenvalue weighted by Crippen LogP contribution is 2.20. The maximum Gasteiger partial charge on any atom is 0.329 e. The average molecular weight is 333 g/mol. The quantitative estimate of drug-likeness (QED) is 0.571. The zero-order valence-electron chi connectivity index (χ0n) is 13.1. The number of likely N-dealkylation sites (tertiary alicyclic amines) is 1. The number of hydrogen-bond acceptors (Lipinski definition) is 5. The minimum atomic E-state index is -1.06. The molecule has 1 saturated heterocycles. The van der Waals surface area contributed by atoms with E-state index in [-0.39, 0.29) is 38.7 Å². The summed E-state index contributed by atoms with van der Waals surface area (Å²) in [5, 5.41) is 8.72. The Morgan fingerprint density at radius 2 is 1.75 bits per heavy atom. The fraction of sp³-hybridized carbons (Fsp3) is 0.412. The van der Waals surface area contributed by atoms with Gasteiger partial charge in [-0.1, -0.05) is 30.3 Å². The van der Waals surface area contributed by atoms with Crippen LogP contribution >= 0.6 is 0 Å². The molecule has 1 unspecified atom stereocenters. The first-order valence-corrected chi connectivity index (χ1v) is 7.76. The molecule has 1 N–H and O–H groups in total. The van der Waals surface area contributed by atoms with Gasteiger partial charge in [0.15, 0.2) is 0 Å². The molecule has 1 aliphatic rings. The maximum absolute atomic E-state index is 12.4. The Morgan fingerprint density at radius 3 is 2.33 bits per heavy atom. The Kier molecular flexibility index (Phi) is 6.06. The largest absolute Gasteiger partial charge is 0.481 e. The highest BCUT2D eigenvalue weighted by atomic mass is 16.5. The Bertz CT molecular complexity index is 611. The normalized spacial score (nSPS) is 15.4. The topological polar surface area (TPSA) is 101 Å². The van der Waals surface area contributed by atoms with Gasteiger partial charge in [0.25, 0.3) is 0 Å². The van der Waals surface area contributed by atoms with Gasteiger partial charge in [0.2, 0.25) is 11.8 Å². The second-order valence-electron chi connectivity index (χ2n) is 5.55. The first-order chi connectivity index (χ1) is 11.5. The maximum atomic E-state index is 12.4. The van der Waals surface area contributed by atoms with Crippen molar-refractivity contribution in [1.82, 2.24) is 4.90 Å². The van der Waals surface area contributed by atoms with E-state index in [9.17, 15) is 19.2 Å². The van der Waals surface area contributed by atoms with Crippen molar-refractivity contribution in [3.63, 3.8) is 0 Å². The monoisotopic (exact) mass is 333 g/mol. The van der Waals surface area contributed by atoms with Crippen molar-refractivity contribution in [2.75, 3.05) is 0 Å². The molecule has 1 atom stereocenters. The van der Waals surface area contributed by atoms with Crippen molar-refractivity contribution >= 4 is 23.8 Å². The van der Waals surface area contributed by atoms with Crippen molar-refractivity contribution in [1.29, 1.82) is 0 Å². The molecule has 0 saturated carbocycles. The number of ether oxygens (including phenoxy) is 1. The molecule has 7 heteroatoms. The van der Waals surface area contributed by atoms with E-state index in [0.717, 1.165) is 10.5 Å². The third-order valence-electron chi connectivity index (χ3n) is 3.77. The lowest BCUT2D eigenvalue weighted by atomic mass is 10.1. The number of nitrogens with zero attached hydrogens (tertiary/aromatic N) is 1. The van der Waals surface area contributed by atoms with E-state index in [1.807, 2.05) is 6.07 Å². The summed E-state index contributed by atoms with van der Waals surface area (Å²) in [6.07, 6.45) is 0.258. The molecule has 0 spiro atoms. The van der Waals surface area contributed by atoms with Gasteiger partial charge in [0, 0.05) is 19.3 Å². The molecular weight excluding hydrogens is 314 g/mol. The molecule has 7 nitrogen and oxygen atoms in total. The van der Waals surface area contributed by atoms with Gasteiger partial charge >= 0.3 is 11.9 Å². The lowest BCUT2D eigenvalue weighted by Gasteiger charge is -2.24. The van der Waals surface area contributed by atoms with Crippen LogP contribution in [-0.2, 0) is 30.5 Å². The molecule has 0 radical (unpaired) electrons. The van der Waals surface area contributed by atoms with Crippen LogP contribution in [0.5, 0.6) is 0 Å². The number of hydrogen-bond donors (Lipinski definition) is 1.